The third kappa shape index (κ3) is 4.45. The first-order chi connectivity index (χ1) is 11.1. The lowest BCUT2D eigenvalue weighted by atomic mass is 10.2. The molecule has 0 spiro atoms. The number of carbonyl (C=O) groups is 1. The van der Waals surface area contributed by atoms with E-state index in [4.69, 9.17) is 4.74 Å². The second-order valence-corrected chi connectivity index (χ2v) is 6.69. The van der Waals surface area contributed by atoms with Gasteiger partial charge in [-0.3, -0.25) is 9.69 Å². The van der Waals surface area contributed by atoms with Gasteiger partial charge in [-0.1, -0.05) is 0 Å². The van der Waals surface area contributed by atoms with Crippen LogP contribution < -0.4 is 10.2 Å². The van der Waals surface area contributed by atoms with Gasteiger partial charge in [-0.05, 0) is 57.0 Å². The average Bonchev–Trinajstić information content (AvgIpc) is 3.40. The first-order valence-corrected chi connectivity index (χ1v) is 8.56. The van der Waals surface area contributed by atoms with E-state index in [0.717, 1.165) is 37.9 Å². The highest BCUT2D eigenvalue weighted by Crippen LogP contribution is 2.34. The number of nitrogens with zero attached hydrogens (tertiary/aromatic N) is 2. The lowest BCUT2D eigenvalue weighted by Gasteiger charge is -2.29. The number of likely N-dealkylation sites (N-methyl/N-ethyl adjacent to an activating group) is 1. The quantitative estimate of drug-likeness (QED) is 0.873. The van der Waals surface area contributed by atoms with Crippen LogP contribution in [0, 0.1) is 5.92 Å². The van der Waals surface area contributed by atoms with Crippen LogP contribution in [0.1, 0.15) is 19.8 Å². The van der Waals surface area contributed by atoms with E-state index >= 15 is 0 Å². The van der Waals surface area contributed by atoms with Gasteiger partial charge in [0.05, 0.1) is 19.8 Å². The van der Waals surface area contributed by atoms with Crippen molar-refractivity contribution in [2.75, 3.05) is 50.1 Å². The molecule has 0 bridgehead atoms. The number of rotatable bonds is 6. The van der Waals surface area contributed by atoms with E-state index in [0.29, 0.717) is 12.6 Å². The molecule has 1 aliphatic heterocycles. The molecule has 1 atom stereocenters. The molecule has 1 aromatic rings. The minimum atomic E-state index is 0.0547. The van der Waals surface area contributed by atoms with Crippen LogP contribution in [-0.2, 0) is 9.53 Å². The van der Waals surface area contributed by atoms with Gasteiger partial charge in [0.1, 0.15) is 0 Å². The van der Waals surface area contributed by atoms with Gasteiger partial charge in [0.15, 0.2) is 0 Å². The Bertz CT molecular complexity index is 522. The smallest absolute Gasteiger partial charge is 0.238 e. The summed E-state index contributed by atoms with van der Waals surface area (Å²) >= 11 is 0. The predicted octanol–water partition coefficient (Wildman–Crippen LogP) is 2.19. The van der Waals surface area contributed by atoms with E-state index in [2.05, 4.69) is 34.2 Å². The summed E-state index contributed by atoms with van der Waals surface area (Å²) in [5.41, 5.74) is 2.05. The number of nitrogens with one attached hydrogen (secondary N) is 1. The third-order valence-electron chi connectivity index (χ3n) is 4.92. The zero-order chi connectivity index (χ0) is 16.2. The van der Waals surface area contributed by atoms with Gasteiger partial charge >= 0.3 is 0 Å². The molecule has 1 amide bonds. The highest BCUT2D eigenvalue weighted by Gasteiger charge is 2.30. The summed E-state index contributed by atoms with van der Waals surface area (Å²) in [7, 11) is 2.03. The third-order valence-corrected chi connectivity index (χ3v) is 4.92. The van der Waals surface area contributed by atoms with Crippen LogP contribution in [0.4, 0.5) is 11.4 Å². The SMILES string of the molecule is C[C@H](C1CC1)N(C)CC(=O)Nc1ccc(N2CCOCC2)cc1. The zero-order valence-electron chi connectivity index (χ0n) is 14.1. The fourth-order valence-corrected chi connectivity index (χ4v) is 3.09. The molecule has 3 rings (SSSR count). The van der Waals surface area contributed by atoms with E-state index < -0.39 is 0 Å². The first kappa shape index (κ1) is 16.3. The fraction of sp³-hybridized carbons (Fsp3) is 0.611. The summed E-state index contributed by atoms with van der Waals surface area (Å²) in [6.07, 6.45) is 2.60. The van der Waals surface area contributed by atoms with Crippen molar-refractivity contribution in [3.05, 3.63) is 24.3 Å². The molecular formula is C18H27N3O2. The highest BCUT2D eigenvalue weighted by atomic mass is 16.5. The Hall–Kier alpha value is -1.59. The van der Waals surface area contributed by atoms with Crippen LogP contribution in [0.3, 0.4) is 0 Å². The molecule has 1 aromatic carbocycles. The molecule has 1 saturated carbocycles. The van der Waals surface area contributed by atoms with Crippen LogP contribution in [0.2, 0.25) is 0 Å². The number of amides is 1. The zero-order valence-corrected chi connectivity index (χ0v) is 14.1. The predicted molar refractivity (Wildman–Crippen MR) is 92.9 cm³/mol. The van der Waals surface area contributed by atoms with Crippen LogP contribution in [0.15, 0.2) is 24.3 Å². The summed E-state index contributed by atoms with van der Waals surface area (Å²) < 4.78 is 5.37. The minimum absolute atomic E-state index is 0.0547. The molecule has 5 heteroatoms. The molecule has 5 nitrogen and oxygen atoms in total. The molecule has 1 N–H and O–H groups in total. The molecule has 23 heavy (non-hydrogen) atoms. The highest BCUT2D eigenvalue weighted by molar-refractivity contribution is 5.92. The maximum atomic E-state index is 12.2. The Morgan fingerprint density at radius 2 is 1.96 bits per heavy atom. The van der Waals surface area contributed by atoms with E-state index in [9.17, 15) is 4.79 Å². The largest absolute Gasteiger partial charge is 0.378 e. The Morgan fingerprint density at radius 3 is 2.57 bits per heavy atom. The summed E-state index contributed by atoms with van der Waals surface area (Å²) in [4.78, 5) is 16.6. The van der Waals surface area contributed by atoms with Crippen molar-refractivity contribution in [3.8, 4) is 0 Å². The Balaban J connectivity index is 1.50. The number of anilines is 2. The van der Waals surface area contributed by atoms with Crippen LogP contribution in [0.25, 0.3) is 0 Å². The molecule has 0 radical (unpaired) electrons. The molecule has 1 aliphatic carbocycles. The lowest BCUT2D eigenvalue weighted by Crippen LogP contribution is -2.37. The minimum Gasteiger partial charge on any atom is -0.378 e. The van der Waals surface area contributed by atoms with Crippen LogP contribution in [-0.4, -0.2) is 56.7 Å². The van der Waals surface area contributed by atoms with Crippen LogP contribution >= 0.6 is 0 Å². The molecule has 0 aromatic heterocycles. The summed E-state index contributed by atoms with van der Waals surface area (Å²) in [6, 6.07) is 8.58. The molecular weight excluding hydrogens is 290 g/mol. The molecule has 0 unspecified atom stereocenters. The maximum Gasteiger partial charge on any atom is 0.238 e. The van der Waals surface area contributed by atoms with Gasteiger partial charge in [-0.15, -0.1) is 0 Å². The van der Waals surface area contributed by atoms with Gasteiger partial charge in [-0.25, -0.2) is 0 Å². The summed E-state index contributed by atoms with van der Waals surface area (Å²) in [5.74, 6) is 0.833. The first-order valence-electron chi connectivity index (χ1n) is 8.56. The molecule has 2 fully saturated rings. The monoisotopic (exact) mass is 317 g/mol. The van der Waals surface area contributed by atoms with Gasteiger partial charge in [0.2, 0.25) is 5.91 Å². The summed E-state index contributed by atoms with van der Waals surface area (Å²) in [6.45, 7) is 6.07. The molecule has 1 heterocycles. The number of ether oxygens (including phenoxy) is 1. The second-order valence-electron chi connectivity index (χ2n) is 6.69. The van der Waals surface area contributed by atoms with Crippen molar-refractivity contribution in [2.24, 2.45) is 5.92 Å². The van der Waals surface area contributed by atoms with Gasteiger partial charge in [-0.2, -0.15) is 0 Å². The number of hydrogen-bond acceptors (Lipinski definition) is 4. The van der Waals surface area contributed by atoms with Crippen molar-refractivity contribution < 1.29 is 9.53 Å². The average molecular weight is 317 g/mol. The van der Waals surface area contributed by atoms with Crippen molar-refractivity contribution in [1.29, 1.82) is 0 Å². The number of carbonyl (C=O) groups excluding carboxylic acids is 1. The van der Waals surface area contributed by atoms with Gasteiger partial charge < -0.3 is 15.0 Å². The van der Waals surface area contributed by atoms with E-state index in [-0.39, 0.29) is 5.91 Å². The topological polar surface area (TPSA) is 44.8 Å². The van der Waals surface area contributed by atoms with Crippen molar-refractivity contribution in [2.45, 2.75) is 25.8 Å². The standard InChI is InChI=1S/C18H27N3O2/c1-14(15-3-4-15)20(2)13-18(22)19-16-5-7-17(8-6-16)21-9-11-23-12-10-21/h5-8,14-15H,3-4,9-13H2,1-2H3,(H,19,22)/t14-/m1/s1. The van der Waals surface area contributed by atoms with Crippen LogP contribution in [0.5, 0.6) is 0 Å². The van der Waals surface area contributed by atoms with Gasteiger partial charge in [0, 0.05) is 30.5 Å². The Morgan fingerprint density at radius 1 is 1.30 bits per heavy atom. The Kier molecular flexibility index (Phi) is 5.18. The van der Waals surface area contributed by atoms with Crippen molar-refractivity contribution in [3.63, 3.8) is 0 Å². The van der Waals surface area contributed by atoms with E-state index in [1.54, 1.807) is 0 Å². The van der Waals surface area contributed by atoms with Gasteiger partial charge in [0.25, 0.3) is 0 Å². The van der Waals surface area contributed by atoms with E-state index in [1.807, 2.05) is 19.2 Å². The molecule has 126 valence electrons. The maximum absolute atomic E-state index is 12.2. The number of hydrogen-bond donors (Lipinski definition) is 1. The summed E-state index contributed by atoms with van der Waals surface area (Å²) in [5, 5.41) is 2.99. The molecule has 2 aliphatic rings. The Labute approximate surface area is 138 Å². The van der Waals surface area contributed by atoms with Crippen molar-refractivity contribution >= 4 is 17.3 Å². The second kappa shape index (κ2) is 7.32. The molecule has 1 saturated heterocycles. The van der Waals surface area contributed by atoms with Crippen molar-refractivity contribution in [1.82, 2.24) is 4.90 Å². The normalized spacial score (nSPS) is 19.7. The van der Waals surface area contributed by atoms with E-state index in [1.165, 1.54) is 18.5 Å². The number of benzene rings is 1. The number of morpholine rings is 1. The fourth-order valence-electron chi connectivity index (χ4n) is 3.09. The lowest BCUT2D eigenvalue weighted by molar-refractivity contribution is -0.117.